The first-order valence-corrected chi connectivity index (χ1v) is 11.2. The Labute approximate surface area is 195 Å². The Morgan fingerprint density at radius 3 is 2.85 bits per heavy atom. The summed E-state index contributed by atoms with van der Waals surface area (Å²) in [6.07, 6.45) is 6.64. The predicted molar refractivity (Wildman–Crippen MR) is 128 cm³/mol. The van der Waals surface area contributed by atoms with Crippen LogP contribution < -0.4 is 10.6 Å². The van der Waals surface area contributed by atoms with Crippen molar-refractivity contribution < 1.29 is 18.0 Å². The highest BCUT2D eigenvalue weighted by molar-refractivity contribution is 6.10. The lowest BCUT2D eigenvalue weighted by Gasteiger charge is -2.14. The van der Waals surface area contributed by atoms with Gasteiger partial charge in [0.25, 0.3) is 0 Å². The van der Waals surface area contributed by atoms with Crippen LogP contribution in [-0.4, -0.2) is 40.9 Å². The highest BCUT2D eigenvalue weighted by atomic mass is 19.4. The van der Waals surface area contributed by atoms with Crippen LogP contribution >= 0.6 is 0 Å². The Kier molecular flexibility index (Phi) is 7.00. The number of anilines is 1. The largest absolute Gasteiger partial charge is 0.405 e. The molecule has 0 fully saturated rings. The third-order valence-corrected chi connectivity index (χ3v) is 5.82. The molecule has 2 aromatic heterocycles. The Balaban J connectivity index is 1.53. The lowest BCUT2D eigenvalue weighted by Crippen LogP contribution is -2.36. The maximum Gasteiger partial charge on any atom is 0.405 e. The van der Waals surface area contributed by atoms with E-state index in [0.717, 1.165) is 53.8 Å². The van der Waals surface area contributed by atoms with E-state index in [9.17, 15) is 18.0 Å². The van der Waals surface area contributed by atoms with Gasteiger partial charge in [-0.15, -0.1) is 0 Å². The molecule has 1 aliphatic rings. The van der Waals surface area contributed by atoms with Gasteiger partial charge >= 0.3 is 12.2 Å². The van der Waals surface area contributed by atoms with Crippen molar-refractivity contribution in [2.75, 3.05) is 18.4 Å². The molecule has 1 aromatic carbocycles. The molecule has 0 aliphatic carbocycles. The molecule has 1 aliphatic heterocycles. The zero-order valence-corrected chi connectivity index (χ0v) is 18.8. The van der Waals surface area contributed by atoms with Crippen molar-refractivity contribution in [1.29, 1.82) is 0 Å². The zero-order valence-electron chi connectivity index (χ0n) is 18.8. The number of carbonyl (C=O) groups excluding carboxylic acids is 1. The molecule has 0 saturated carbocycles. The molecule has 0 saturated heterocycles. The van der Waals surface area contributed by atoms with E-state index in [0.29, 0.717) is 11.6 Å². The molecule has 3 heterocycles. The molecule has 3 aromatic rings. The van der Waals surface area contributed by atoms with Gasteiger partial charge in [0.2, 0.25) is 0 Å². The van der Waals surface area contributed by atoms with Gasteiger partial charge in [-0.05, 0) is 54.2 Å². The van der Waals surface area contributed by atoms with Gasteiger partial charge in [-0.1, -0.05) is 31.6 Å². The van der Waals surface area contributed by atoms with Crippen LogP contribution in [0.4, 0.5) is 23.7 Å². The number of urea groups is 1. The summed E-state index contributed by atoms with van der Waals surface area (Å²) in [6, 6.07) is 9.98. The minimum Gasteiger partial charge on any atom is -0.329 e. The molecule has 0 spiro atoms. The second-order valence-electron chi connectivity index (χ2n) is 8.30. The first-order valence-electron chi connectivity index (χ1n) is 11.2. The van der Waals surface area contributed by atoms with Crippen molar-refractivity contribution in [2.45, 2.75) is 32.4 Å². The van der Waals surface area contributed by atoms with Gasteiger partial charge in [0.15, 0.2) is 0 Å². The summed E-state index contributed by atoms with van der Waals surface area (Å²) >= 11 is 0. The summed E-state index contributed by atoms with van der Waals surface area (Å²) in [7, 11) is 0. The van der Waals surface area contributed by atoms with Gasteiger partial charge in [-0.3, -0.25) is 9.39 Å². The second-order valence-corrected chi connectivity index (χ2v) is 8.30. The number of allylic oxidation sites excluding steroid dienone is 2. The van der Waals surface area contributed by atoms with E-state index in [-0.39, 0.29) is 0 Å². The maximum atomic E-state index is 12.3. The predicted octanol–water partition coefficient (Wildman–Crippen LogP) is 5.96. The summed E-state index contributed by atoms with van der Waals surface area (Å²) in [6.45, 7) is 1.65. The number of hydrogen-bond acceptors (Lipinski definition) is 3. The fourth-order valence-corrected chi connectivity index (χ4v) is 3.93. The van der Waals surface area contributed by atoms with Gasteiger partial charge in [-0.25, -0.2) is 9.78 Å². The smallest absolute Gasteiger partial charge is 0.329 e. The molecular weight excluding hydrogens is 443 g/mol. The topological polar surface area (TPSA) is 70.8 Å². The van der Waals surface area contributed by atoms with Crippen LogP contribution in [0.25, 0.3) is 22.5 Å². The van der Waals surface area contributed by atoms with E-state index in [1.54, 1.807) is 29.7 Å². The van der Waals surface area contributed by atoms with Crippen molar-refractivity contribution in [3.8, 4) is 11.3 Å². The first-order chi connectivity index (χ1) is 16.3. The molecule has 9 heteroatoms. The standard InChI is InChI=1S/C25H26F3N5O/c1-2-17-5-3-7-20(14-29-13-17)18-9-10-33-22(15-30-23(33)12-18)19-6-4-8-21(11-19)32-24(34)31-16-25(26,27)28/h4,6-12,14-15,17H,2-3,5,13,16H2,1H3,(H2,31,32,34). The van der Waals surface area contributed by atoms with Crippen LogP contribution in [0, 0.1) is 5.92 Å². The summed E-state index contributed by atoms with van der Waals surface area (Å²) < 4.78 is 38.8. The molecule has 1 unspecified atom stereocenters. The number of imidazole rings is 1. The number of fused-ring (bicyclic) bond motifs is 1. The average molecular weight is 470 g/mol. The summed E-state index contributed by atoms with van der Waals surface area (Å²) in [4.78, 5) is 20.9. The number of rotatable bonds is 5. The maximum absolute atomic E-state index is 12.3. The number of carbonyl (C=O) groups is 1. The van der Waals surface area contributed by atoms with E-state index in [1.807, 2.05) is 35.0 Å². The van der Waals surface area contributed by atoms with Crippen LogP contribution in [-0.2, 0) is 0 Å². The lowest BCUT2D eigenvalue weighted by molar-refractivity contribution is -0.122. The van der Waals surface area contributed by atoms with Gasteiger partial charge in [0.05, 0.1) is 11.9 Å². The number of hydrogen-bond donors (Lipinski definition) is 2. The Bertz CT molecular complexity index is 1230. The molecule has 0 bridgehead atoms. The Morgan fingerprint density at radius 1 is 1.21 bits per heavy atom. The normalized spacial score (nSPS) is 16.6. The van der Waals surface area contributed by atoms with Gasteiger partial charge in [0.1, 0.15) is 12.2 Å². The SMILES string of the molecule is CCC1CCC=C(c2ccn3c(-c4cccc(NC(=O)NCC(F)(F)F)c4)cnc3c2)C=NC1. The van der Waals surface area contributed by atoms with Crippen molar-refractivity contribution in [2.24, 2.45) is 10.9 Å². The highest BCUT2D eigenvalue weighted by Gasteiger charge is 2.27. The third kappa shape index (κ3) is 5.84. The molecule has 4 rings (SSSR count). The number of nitrogens with zero attached hydrogens (tertiary/aromatic N) is 3. The van der Waals surface area contributed by atoms with Gasteiger partial charge < -0.3 is 10.6 Å². The van der Waals surface area contributed by atoms with Crippen LogP contribution in [0.1, 0.15) is 31.7 Å². The number of benzene rings is 1. The number of aliphatic imine (C=N–C) groups is 1. The molecule has 34 heavy (non-hydrogen) atoms. The number of nitrogens with one attached hydrogen (secondary N) is 2. The lowest BCUT2D eigenvalue weighted by atomic mass is 9.97. The van der Waals surface area contributed by atoms with Crippen LogP contribution in [0.5, 0.6) is 0 Å². The summed E-state index contributed by atoms with van der Waals surface area (Å²) in [5, 5.41) is 4.23. The Morgan fingerprint density at radius 2 is 2.06 bits per heavy atom. The molecular formula is C25H26F3N5O. The van der Waals surface area contributed by atoms with Crippen LogP contribution in [0.3, 0.4) is 0 Å². The van der Waals surface area contributed by atoms with Gasteiger partial charge in [0, 0.05) is 30.2 Å². The molecule has 1 atom stereocenters. The van der Waals surface area contributed by atoms with Crippen LogP contribution in [0.2, 0.25) is 0 Å². The average Bonchev–Trinajstić information content (AvgIpc) is 3.21. The Hall–Kier alpha value is -3.62. The molecule has 6 nitrogen and oxygen atoms in total. The number of aromatic nitrogens is 2. The van der Waals surface area contributed by atoms with Crippen molar-refractivity contribution in [3.05, 3.63) is 60.4 Å². The van der Waals surface area contributed by atoms with Crippen molar-refractivity contribution in [3.63, 3.8) is 0 Å². The van der Waals surface area contributed by atoms with E-state index < -0.39 is 18.8 Å². The third-order valence-electron chi connectivity index (χ3n) is 5.82. The number of pyridine rings is 1. The fraction of sp³-hybridized carbons (Fsp3) is 0.320. The number of alkyl halides is 3. The van der Waals surface area contributed by atoms with Crippen molar-refractivity contribution >= 4 is 29.2 Å². The van der Waals surface area contributed by atoms with Crippen molar-refractivity contribution in [1.82, 2.24) is 14.7 Å². The second kappa shape index (κ2) is 10.1. The first kappa shape index (κ1) is 23.5. The quantitative estimate of drug-likeness (QED) is 0.484. The van der Waals surface area contributed by atoms with E-state index in [1.165, 1.54) is 0 Å². The molecule has 2 N–H and O–H groups in total. The minimum atomic E-state index is -4.47. The number of amides is 2. The highest BCUT2D eigenvalue weighted by Crippen LogP contribution is 2.26. The van der Waals surface area contributed by atoms with Gasteiger partial charge in [-0.2, -0.15) is 13.2 Å². The van der Waals surface area contributed by atoms with Crippen LogP contribution in [0.15, 0.2) is 59.9 Å². The van der Waals surface area contributed by atoms with E-state index >= 15 is 0 Å². The fourth-order valence-electron chi connectivity index (χ4n) is 3.93. The van der Waals surface area contributed by atoms with E-state index in [4.69, 9.17) is 0 Å². The molecule has 178 valence electrons. The molecule has 0 radical (unpaired) electrons. The molecule has 2 amide bonds. The monoisotopic (exact) mass is 469 g/mol. The zero-order chi connectivity index (χ0) is 24.1. The summed E-state index contributed by atoms with van der Waals surface area (Å²) in [5.41, 5.74) is 4.83. The number of halogens is 3. The minimum absolute atomic E-state index is 0.380. The van der Waals surface area contributed by atoms with E-state index in [2.05, 4.69) is 28.3 Å². The summed E-state index contributed by atoms with van der Waals surface area (Å²) in [5.74, 6) is 0.632.